The Bertz CT molecular complexity index is 363. The minimum atomic E-state index is 0.697. The molecule has 13 heavy (non-hydrogen) atoms. The number of hydrogen-bond donors (Lipinski definition) is 0. The molecule has 0 spiro atoms. The van der Waals surface area contributed by atoms with Gasteiger partial charge in [0.2, 0.25) is 5.90 Å². The fourth-order valence-electron chi connectivity index (χ4n) is 1.14. The van der Waals surface area contributed by atoms with Crippen molar-refractivity contribution in [2.75, 3.05) is 13.2 Å². The summed E-state index contributed by atoms with van der Waals surface area (Å²) >= 11 is 6.85. The van der Waals surface area contributed by atoms with Crippen LogP contribution in [0.25, 0.3) is 0 Å². The van der Waals surface area contributed by atoms with E-state index < -0.39 is 0 Å². The number of halogens is 2. The maximum Gasteiger partial charge on any atom is 0.216 e. The summed E-state index contributed by atoms with van der Waals surface area (Å²) in [6.45, 7) is 1.46. The Morgan fingerprint density at radius 2 is 2.08 bits per heavy atom. The zero-order chi connectivity index (χ0) is 9.26. The maximum absolute atomic E-state index is 5.35. The molecule has 2 nitrogen and oxygen atoms in total. The highest BCUT2D eigenvalue weighted by Crippen LogP contribution is 2.24. The molecule has 0 aromatic heterocycles. The largest absolute Gasteiger partial charge is 0.476 e. The number of ether oxygens (including phenoxy) is 1. The predicted molar refractivity (Wildman–Crippen MR) is 59.2 cm³/mol. The third-order valence-corrected chi connectivity index (χ3v) is 3.63. The molecule has 1 aliphatic rings. The van der Waals surface area contributed by atoms with Crippen LogP contribution in [-0.2, 0) is 4.74 Å². The Morgan fingerprint density at radius 3 is 2.69 bits per heavy atom. The lowest BCUT2D eigenvalue weighted by molar-refractivity contribution is 0.348. The molecular formula is C9H7Br2NO. The molecule has 0 saturated carbocycles. The van der Waals surface area contributed by atoms with E-state index in [1.807, 2.05) is 18.2 Å². The molecule has 0 unspecified atom stereocenters. The molecule has 0 N–H and O–H groups in total. The van der Waals surface area contributed by atoms with Gasteiger partial charge in [0.15, 0.2) is 0 Å². The van der Waals surface area contributed by atoms with Crippen LogP contribution >= 0.6 is 31.9 Å². The summed E-state index contributed by atoms with van der Waals surface area (Å²) in [5, 5.41) is 0. The van der Waals surface area contributed by atoms with Crippen molar-refractivity contribution < 1.29 is 4.74 Å². The average Bonchev–Trinajstić information content (AvgIpc) is 2.62. The summed E-state index contributed by atoms with van der Waals surface area (Å²) in [6, 6.07) is 5.96. The van der Waals surface area contributed by atoms with Gasteiger partial charge in [-0.1, -0.05) is 0 Å². The van der Waals surface area contributed by atoms with Crippen LogP contribution in [0.1, 0.15) is 5.56 Å². The van der Waals surface area contributed by atoms with Gasteiger partial charge in [0.1, 0.15) is 6.61 Å². The predicted octanol–water partition coefficient (Wildman–Crippen LogP) is 2.99. The SMILES string of the molecule is Brc1ccc(C2=NCCO2)cc1Br. The maximum atomic E-state index is 5.35. The molecule has 0 saturated heterocycles. The van der Waals surface area contributed by atoms with Gasteiger partial charge in [0, 0.05) is 14.5 Å². The Morgan fingerprint density at radius 1 is 1.23 bits per heavy atom. The number of rotatable bonds is 1. The first-order valence-electron chi connectivity index (χ1n) is 3.90. The molecule has 68 valence electrons. The van der Waals surface area contributed by atoms with E-state index in [2.05, 4.69) is 36.9 Å². The third kappa shape index (κ3) is 1.94. The molecule has 4 heteroatoms. The second-order valence-electron chi connectivity index (χ2n) is 2.66. The van der Waals surface area contributed by atoms with E-state index in [1.54, 1.807) is 0 Å². The Hall–Kier alpha value is -0.350. The van der Waals surface area contributed by atoms with Crippen LogP contribution < -0.4 is 0 Å². The van der Waals surface area contributed by atoms with Crippen molar-refractivity contribution >= 4 is 37.8 Å². The van der Waals surface area contributed by atoms with Gasteiger partial charge in [-0.15, -0.1) is 0 Å². The molecule has 0 radical (unpaired) electrons. The van der Waals surface area contributed by atoms with Crippen molar-refractivity contribution in [2.24, 2.45) is 4.99 Å². The lowest BCUT2D eigenvalue weighted by Gasteiger charge is -2.02. The highest BCUT2D eigenvalue weighted by atomic mass is 79.9. The number of hydrogen-bond acceptors (Lipinski definition) is 2. The van der Waals surface area contributed by atoms with Crippen molar-refractivity contribution in [3.63, 3.8) is 0 Å². The van der Waals surface area contributed by atoms with Crippen molar-refractivity contribution in [1.29, 1.82) is 0 Å². The summed E-state index contributed by atoms with van der Waals surface area (Å²) in [6.07, 6.45) is 0. The van der Waals surface area contributed by atoms with Gasteiger partial charge in [-0.2, -0.15) is 0 Å². The Balaban J connectivity index is 2.36. The highest BCUT2D eigenvalue weighted by molar-refractivity contribution is 9.13. The van der Waals surface area contributed by atoms with Gasteiger partial charge in [-0.25, -0.2) is 4.99 Å². The molecule has 0 fully saturated rings. The minimum absolute atomic E-state index is 0.697. The lowest BCUT2D eigenvalue weighted by atomic mass is 10.2. The van der Waals surface area contributed by atoms with E-state index in [4.69, 9.17) is 4.74 Å². The second kappa shape index (κ2) is 3.80. The Kier molecular flexibility index (Phi) is 2.69. The normalized spacial score (nSPS) is 15.4. The molecule has 1 aliphatic heterocycles. The highest BCUT2D eigenvalue weighted by Gasteiger charge is 2.10. The van der Waals surface area contributed by atoms with E-state index in [0.717, 1.165) is 27.0 Å². The Labute approximate surface area is 93.3 Å². The summed E-state index contributed by atoms with van der Waals surface area (Å²) < 4.78 is 7.40. The topological polar surface area (TPSA) is 21.6 Å². The van der Waals surface area contributed by atoms with Crippen molar-refractivity contribution in [3.05, 3.63) is 32.7 Å². The second-order valence-corrected chi connectivity index (χ2v) is 4.37. The standard InChI is InChI=1S/C9H7Br2NO/c10-7-2-1-6(5-8(7)11)9-12-3-4-13-9/h1-2,5H,3-4H2. The molecule has 0 aliphatic carbocycles. The first-order valence-corrected chi connectivity index (χ1v) is 5.48. The van der Waals surface area contributed by atoms with Gasteiger partial charge < -0.3 is 4.74 Å². The first kappa shape index (κ1) is 9.21. The van der Waals surface area contributed by atoms with Crippen LogP contribution in [0.2, 0.25) is 0 Å². The van der Waals surface area contributed by atoms with Crippen LogP contribution in [0.5, 0.6) is 0 Å². The van der Waals surface area contributed by atoms with E-state index in [9.17, 15) is 0 Å². The van der Waals surface area contributed by atoms with E-state index in [0.29, 0.717) is 6.61 Å². The van der Waals surface area contributed by atoms with Gasteiger partial charge in [0.25, 0.3) is 0 Å². The molecule has 0 amide bonds. The monoisotopic (exact) mass is 303 g/mol. The van der Waals surface area contributed by atoms with Crippen molar-refractivity contribution in [1.82, 2.24) is 0 Å². The van der Waals surface area contributed by atoms with Gasteiger partial charge in [-0.05, 0) is 50.1 Å². The van der Waals surface area contributed by atoms with Crippen LogP contribution in [0, 0.1) is 0 Å². The summed E-state index contributed by atoms with van der Waals surface area (Å²) in [5.41, 5.74) is 1.02. The van der Waals surface area contributed by atoms with Gasteiger partial charge >= 0.3 is 0 Å². The molecule has 2 rings (SSSR count). The number of nitrogens with zero attached hydrogens (tertiary/aromatic N) is 1. The number of aliphatic imine (C=N–C) groups is 1. The van der Waals surface area contributed by atoms with Crippen molar-refractivity contribution in [3.8, 4) is 0 Å². The minimum Gasteiger partial charge on any atom is -0.476 e. The van der Waals surface area contributed by atoms with Gasteiger partial charge in [0.05, 0.1) is 6.54 Å². The fraction of sp³-hybridized carbons (Fsp3) is 0.222. The summed E-state index contributed by atoms with van der Waals surface area (Å²) in [4.78, 5) is 4.24. The van der Waals surface area contributed by atoms with Crippen LogP contribution in [0.15, 0.2) is 32.1 Å². The molecular weight excluding hydrogens is 298 g/mol. The average molecular weight is 305 g/mol. The van der Waals surface area contributed by atoms with Crippen LogP contribution in [-0.4, -0.2) is 19.0 Å². The zero-order valence-corrected chi connectivity index (χ0v) is 9.93. The summed E-state index contributed by atoms with van der Waals surface area (Å²) in [7, 11) is 0. The molecule has 1 aromatic rings. The molecule has 0 atom stereocenters. The molecule has 0 bridgehead atoms. The van der Waals surface area contributed by atoms with Crippen LogP contribution in [0.3, 0.4) is 0 Å². The lowest BCUT2D eigenvalue weighted by Crippen LogP contribution is -2.00. The van der Waals surface area contributed by atoms with Crippen LogP contribution in [0.4, 0.5) is 0 Å². The zero-order valence-electron chi connectivity index (χ0n) is 6.76. The van der Waals surface area contributed by atoms with Crippen molar-refractivity contribution in [2.45, 2.75) is 0 Å². The fourth-order valence-corrected chi connectivity index (χ4v) is 1.76. The van der Waals surface area contributed by atoms with E-state index in [1.165, 1.54) is 0 Å². The molecule has 1 aromatic carbocycles. The number of benzene rings is 1. The van der Waals surface area contributed by atoms with E-state index in [-0.39, 0.29) is 0 Å². The summed E-state index contributed by atoms with van der Waals surface area (Å²) in [5.74, 6) is 0.744. The third-order valence-electron chi connectivity index (χ3n) is 1.75. The van der Waals surface area contributed by atoms with Gasteiger partial charge in [-0.3, -0.25) is 0 Å². The smallest absolute Gasteiger partial charge is 0.216 e. The molecule has 1 heterocycles. The van der Waals surface area contributed by atoms with E-state index >= 15 is 0 Å². The quantitative estimate of drug-likeness (QED) is 0.781. The first-order chi connectivity index (χ1) is 6.27.